The van der Waals surface area contributed by atoms with Crippen molar-refractivity contribution in [1.82, 2.24) is 9.55 Å². The standard InChI is InChI=1S/C20H23FN4/c21-15-8-2-1-7-14(15)13-25-19-12-6-5-11-18(19)24-20(25)23-17-10-4-3-9-16(17)22/h1-2,5-8,11-12,16-17H,3-4,9-10,13,22H2,(H,23,24)/t16-,17+/m0/s1. The summed E-state index contributed by atoms with van der Waals surface area (Å²) in [6, 6.07) is 15.2. The summed E-state index contributed by atoms with van der Waals surface area (Å²) >= 11 is 0. The molecule has 3 N–H and O–H groups in total. The van der Waals surface area contributed by atoms with E-state index in [2.05, 4.69) is 9.88 Å². The normalized spacial score (nSPS) is 20.7. The molecule has 0 bridgehead atoms. The number of halogens is 1. The maximum atomic E-state index is 14.2. The Morgan fingerprint density at radius 3 is 2.68 bits per heavy atom. The van der Waals surface area contributed by atoms with Gasteiger partial charge in [-0.3, -0.25) is 0 Å². The highest BCUT2D eigenvalue weighted by Gasteiger charge is 2.24. The molecule has 1 aromatic heterocycles. The number of nitrogens with one attached hydrogen (secondary N) is 1. The Kier molecular flexibility index (Phi) is 4.40. The van der Waals surface area contributed by atoms with Crippen LogP contribution in [-0.4, -0.2) is 21.6 Å². The average Bonchev–Trinajstić information content (AvgIpc) is 2.96. The van der Waals surface area contributed by atoms with Gasteiger partial charge in [0.15, 0.2) is 0 Å². The van der Waals surface area contributed by atoms with Crippen LogP contribution in [0.15, 0.2) is 48.5 Å². The molecule has 4 rings (SSSR count). The fourth-order valence-corrected chi connectivity index (χ4v) is 3.65. The third-order valence-corrected chi connectivity index (χ3v) is 5.07. The van der Waals surface area contributed by atoms with Crippen LogP contribution in [0, 0.1) is 5.82 Å². The van der Waals surface area contributed by atoms with Gasteiger partial charge in [0.05, 0.1) is 17.6 Å². The summed E-state index contributed by atoms with van der Waals surface area (Å²) in [5, 5.41) is 3.53. The van der Waals surface area contributed by atoms with E-state index in [4.69, 9.17) is 10.7 Å². The van der Waals surface area contributed by atoms with Crippen molar-refractivity contribution in [2.45, 2.75) is 44.3 Å². The van der Waals surface area contributed by atoms with Gasteiger partial charge in [-0.1, -0.05) is 43.2 Å². The first-order valence-electron chi connectivity index (χ1n) is 8.93. The second-order valence-electron chi connectivity index (χ2n) is 6.80. The van der Waals surface area contributed by atoms with Gasteiger partial charge in [0, 0.05) is 17.6 Å². The van der Waals surface area contributed by atoms with E-state index in [1.807, 2.05) is 36.4 Å². The lowest BCUT2D eigenvalue weighted by Gasteiger charge is -2.29. The first kappa shape index (κ1) is 16.1. The van der Waals surface area contributed by atoms with Crippen LogP contribution in [0.5, 0.6) is 0 Å². The minimum Gasteiger partial charge on any atom is -0.351 e. The summed E-state index contributed by atoms with van der Waals surface area (Å²) in [7, 11) is 0. The van der Waals surface area contributed by atoms with Gasteiger partial charge in [-0.2, -0.15) is 0 Å². The molecule has 1 heterocycles. The molecule has 1 aliphatic carbocycles. The van der Waals surface area contributed by atoms with Crippen molar-refractivity contribution < 1.29 is 4.39 Å². The maximum Gasteiger partial charge on any atom is 0.204 e. The van der Waals surface area contributed by atoms with Crippen LogP contribution in [0.25, 0.3) is 11.0 Å². The van der Waals surface area contributed by atoms with Crippen molar-refractivity contribution in [1.29, 1.82) is 0 Å². The van der Waals surface area contributed by atoms with Gasteiger partial charge in [-0.05, 0) is 31.0 Å². The smallest absolute Gasteiger partial charge is 0.204 e. The Hall–Kier alpha value is -2.40. The SMILES string of the molecule is N[C@H]1CCCC[C@H]1Nc1nc2ccccc2n1Cc1ccccc1F. The molecule has 3 aromatic rings. The molecule has 0 radical (unpaired) electrons. The fourth-order valence-electron chi connectivity index (χ4n) is 3.65. The van der Waals surface area contributed by atoms with Crippen molar-refractivity contribution in [3.05, 3.63) is 59.9 Å². The summed E-state index contributed by atoms with van der Waals surface area (Å²) in [5.74, 6) is 0.576. The minimum atomic E-state index is -0.194. The largest absolute Gasteiger partial charge is 0.351 e. The second-order valence-corrected chi connectivity index (χ2v) is 6.80. The molecule has 0 saturated heterocycles. The van der Waals surface area contributed by atoms with E-state index in [9.17, 15) is 4.39 Å². The Balaban J connectivity index is 1.72. The van der Waals surface area contributed by atoms with Gasteiger partial charge in [0.25, 0.3) is 0 Å². The summed E-state index contributed by atoms with van der Waals surface area (Å²) in [5.41, 5.74) is 8.85. The number of para-hydroxylation sites is 2. The first-order chi connectivity index (χ1) is 12.2. The van der Waals surface area contributed by atoms with E-state index in [0.29, 0.717) is 12.1 Å². The van der Waals surface area contributed by atoms with Crippen LogP contribution < -0.4 is 11.1 Å². The van der Waals surface area contributed by atoms with E-state index in [-0.39, 0.29) is 17.9 Å². The first-order valence-corrected chi connectivity index (χ1v) is 8.93. The van der Waals surface area contributed by atoms with Crippen molar-refractivity contribution in [2.75, 3.05) is 5.32 Å². The topological polar surface area (TPSA) is 55.9 Å². The molecule has 0 unspecified atom stereocenters. The van der Waals surface area contributed by atoms with E-state index >= 15 is 0 Å². The molecular formula is C20H23FN4. The van der Waals surface area contributed by atoms with Crippen molar-refractivity contribution >= 4 is 17.0 Å². The number of aromatic nitrogens is 2. The number of hydrogen-bond acceptors (Lipinski definition) is 3. The molecule has 0 aliphatic heterocycles. The molecular weight excluding hydrogens is 315 g/mol. The fraction of sp³-hybridized carbons (Fsp3) is 0.350. The number of rotatable bonds is 4. The van der Waals surface area contributed by atoms with Gasteiger partial charge in [0.1, 0.15) is 5.82 Å². The second kappa shape index (κ2) is 6.84. The molecule has 1 aliphatic rings. The number of benzene rings is 2. The lowest BCUT2D eigenvalue weighted by atomic mass is 9.91. The van der Waals surface area contributed by atoms with Gasteiger partial charge in [-0.15, -0.1) is 0 Å². The van der Waals surface area contributed by atoms with Crippen molar-refractivity contribution in [2.24, 2.45) is 5.73 Å². The van der Waals surface area contributed by atoms with E-state index in [0.717, 1.165) is 29.8 Å². The number of nitrogens with zero attached hydrogens (tertiary/aromatic N) is 2. The van der Waals surface area contributed by atoms with Gasteiger partial charge in [0.2, 0.25) is 5.95 Å². The van der Waals surface area contributed by atoms with Crippen molar-refractivity contribution in [3.8, 4) is 0 Å². The summed E-state index contributed by atoms with van der Waals surface area (Å²) in [6.07, 6.45) is 4.44. The van der Waals surface area contributed by atoms with Crippen LogP contribution in [0.4, 0.5) is 10.3 Å². The highest BCUT2D eigenvalue weighted by molar-refractivity contribution is 5.78. The molecule has 130 valence electrons. The monoisotopic (exact) mass is 338 g/mol. The van der Waals surface area contributed by atoms with E-state index in [1.165, 1.54) is 18.9 Å². The van der Waals surface area contributed by atoms with Crippen LogP contribution in [0.2, 0.25) is 0 Å². The highest BCUT2D eigenvalue weighted by atomic mass is 19.1. The minimum absolute atomic E-state index is 0.135. The molecule has 2 aromatic carbocycles. The van der Waals surface area contributed by atoms with Crippen LogP contribution >= 0.6 is 0 Å². The van der Waals surface area contributed by atoms with E-state index < -0.39 is 0 Å². The molecule has 25 heavy (non-hydrogen) atoms. The molecule has 0 amide bonds. The number of fused-ring (bicyclic) bond motifs is 1. The molecule has 1 saturated carbocycles. The van der Waals surface area contributed by atoms with Crippen LogP contribution in [0.1, 0.15) is 31.2 Å². The maximum absolute atomic E-state index is 14.2. The van der Waals surface area contributed by atoms with Crippen LogP contribution in [0.3, 0.4) is 0 Å². The zero-order valence-electron chi connectivity index (χ0n) is 14.2. The Bertz CT molecular complexity index is 873. The van der Waals surface area contributed by atoms with Crippen molar-refractivity contribution in [3.63, 3.8) is 0 Å². The summed E-state index contributed by atoms with van der Waals surface area (Å²) in [4.78, 5) is 4.74. The summed E-state index contributed by atoms with van der Waals surface area (Å²) < 4.78 is 16.2. The van der Waals surface area contributed by atoms with Gasteiger partial charge < -0.3 is 15.6 Å². The Morgan fingerprint density at radius 1 is 1.08 bits per heavy atom. The highest BCUT2D eigenvalue weighted by Crippen LogP contribution is 2.25. The Morgan fingerprint density at radius 2 is 1.84 bits per heavy atom. The predicted molar refractivity (Wildman–Crippen MR) is 99.1 cm³/mol. The molecule has 5 heteroatoms. The van der Waals surface area contributed by atoms with Crippen LogP contribution in [-0.2, 0) is 6.54 Å². The number of anilines is 1. The third-order valence-electron chi connectivity index (χ3n) is 5.07. The summed E-state index contributed by atoms with van der Waals surface area (Å²) in [6.45, 7) is 0.442. The number of hydrogen-bond donors (Lipinski definition) is 2. The average molecular weight is 338 g/mol. The predicted octanol–water partition coefficient (Wildman–Crippen LogP) is 3.91. The lowest BCUT2D eigenvalue weighted by molar-refractivity contribution is 0.401. The van der Waals surface area contributed by atoms with Gasteiger partial charge in [-0.25, -0.2) is 9.37 Å². The zero-order chi connectivity index (χ0) is 17.2. The van der Waals surface area contributed by atoms with E-state index in [1.54, 1.807) is 6.07 Å². The number of imidazole rings is 1. The van der Waals surface area contributed by atoms with Gasteiger partial charge >= 0.3 is 0 Å². The molecule has 1 fully saturated rings. The lowest BCUT2D eigenvalue weighted by Crippen LogP contribution is -2.43. The quantitative estimate of drug-likeness (QED) is 0.758. The third kappa shape index (κ3) is 3.24. The number of nitrogens with two attached hydrogens (primary N) is 1. The molecule has 4 nitrogen and oxygen atoms in total. The molecule has 2 atom stereocenters. The Labute approximate surface area is 146 Å². The zero-order valence-corrected chi connectivity index (χ0v) is 14.2. The molecule has 0 spiro atoms.